The van der Waals surface area contributed by atoms with Crippen LogP contribution in [0.1, 0.15) is 13.8 Å². The average Bonchev–Trinajstić information content (AvgIpc) is 2.73. The number of rotatable bonds is 4. The van der Waals surface area contributed by atoms with Gasteiger partial charge in [-0.3, -0.25) is 4.79 Å². The molecule has 3 aromatic rings. The van der Waals surface area contributed by atoms with Crippen LogP contribution in [0.15, 0.2) is 51.9 Å². The molecule has 1 aromatic heterocycles. The second-order valence-electron chi connectivity index (χ2n) is 7.19. The highest BCUT2D eigenvalue weighted by molar-refractivity contribution is 5.84. The van der Waals surface area contributed by atoms with Gasteiger partial charge >= 0.3 is 5.97 Å². The number of ether oxygens (including phenoxy) is 3. The van der Waals surface area contributed by atoms with Crippen LogP contribution in [0.2, 0.25) is 0 Å². The van der Waals surface area contributed by atoms with E-state index in [1.165, 1.54) is 12.3 Å². The van der Waals surface area contributed by atoms with E-state index in [1.54, 1.807) is 30.3 Å². The molecule has 0 fully saturated rings. The van der Waals surface area contributed by atoms with E-state index in [2.05, 4.69) is 0 Å². The summed E-state index contributed by atoms with van der Waals surface area (Å²) in [7, 11) is 0. The molecule has 1 unspecified atom stereocenters. The van der Waals surface area contributed by atoms with Crippen molar-refractivity contribution in [3.63, 3.8) is 0 Å². The summed E-state index contributed by atoms with van der Waals surface area (Å²) in [4.78, 5) is 25.0. The monoisotopic (exact) mass is 395 g/mol. The molecular weight excluding hydrogens is 374 g/mol. The molecule has 0 bridgehead atoms. The highest BCUT2D eigenvalue weighted by Gasteiger charge is 2.20. The number of nitrogens with two attached hydrogens (primary N) is 1. The maximum absolute atomic E-state index is 13.0. The van der Waals surface area contributed by atoms with E-state index >= 15 is 0 Å². The fraction of sp³-hybridized carbons (Fsp3) is 0.273. The zero-order valence-corrected chi connectivity index (χ0v) is 16.1. The lowest BCUT2D eigenvalue weighted by Crippen LogP contribution is -2.38. The van der Waals surface area contributed by atoms with E-state index in [0.29, 0.717) is 46.8 Å². The number of carbonyl (C=O) groups excluding carboxylic acids is 1. The SMILES string of the molecule is CC(C)C(N)C(=O)Oc1ccc2c(=O)c(-c3ccc4c(c3)OCCO4)coc2c1. The Morgan fingerprint density at radius 1 is 1.07 bits per heavy atom. The minimum Gasteiger partial charge on any atom is -0.486 e. The van der Waals surface area contributed by atoms with Crippen LogP contribution in [-0.4, -0.2) is 25.2 Å². The highest BCUT2D eigenvalue weighted by atomic mass is 16.6. The van der Waals surface area contributed by atoms with Crippen molar-refractivity contribution in [1.29, 1.82) is 0 Å². The van der Waals surface area contributed by atoms with Crippen molar-refractivity contribution in [2.24, 2.45) is 11.7 Å². The predicted octanol–water partition coefficient (Wildman–Crippen LogP) is 3.12. The number of esters is 1. The first-order valence-electron chi connectivity index (χ1n) is 9.37. The van der Waals surface area contributed by atoms with E-state index in [1.807, 2.05) is 13.8 Å². The third-order valence-corrected chi connectivity index (χ3v) is 4.81. The van der Waals surface area contributed by atoms with Crippen molar-refractivity contribution >= 4 is 16.9 Å². The predicted molar refractivity (Wildman–Crippen MR) is 107 cm³/mol. The number of benzene rings is 2. The topological polar surface area (TPSA) is 101 Å². The highest BCUT2D eigenvalue weighted by Crippen LogP contribution is 2.34. The molecule has 0 amide bonds. The quantitative estimate of drug-likeness (QED) is 0.535. The average molecular weight is 395 g/mol. The van der Waals surface area contributed by atoms with Crippen LogP contribution in [0.4, 0.5) is 0 Å². The summed E-state index contributed by atoms with van der Waals surface area (Å²) in [6.07, 6.45) is 1.39. The lowest BCUT2D eigenvalue weighted by atomic mass is 10.0. The molecule has 0 spiro atoms. The Hall–Kier alpha value is -3.32. The summed E-state index contributed by atoms with van der Waals surface area (Å²) in [5.74, 6) is 0.936. The van der Waals surface area contributed by atoms with Gasteiger partial charge in [0.1, 0.15) is 36.9 Å². The zero-order valence-electron chi connectivity index (χ0n) is 16.1. The van der Waals surface area contributed by atoms with E-state index in [0.717, 1.165) is 0 Å². The largest absolute Gasteiger partial charge is 0.486 e. The van der Waals surface area contributed by atoms with E-state index in [4.69, 9.17) is 24.4 Å². The van der Waals surface area contributed by atoms with Gasteiger partial charge in [-0.05, 0) is 35.7 Å². The molecule has 150 valence electrons. The van der Waals surface area contributed by atoms with Crippen molar-refractivity contribution in [2.75, 3.05) is 13.2 Å². The van der Waals surface area contributed by atoms with Crippen molar-refractivity contribution in [2.45, 2.75) is 19.9 Å². The Morgan fingerprint density at radius 3 is 2.59 bits per heavy atom. The molecule has 0 saturated carbocycles. The smallest absolute Gasteiger partial charge is 0.328 e. The van der Waals surface area contributed by atoms with Crippen molar-refractivity contribution in [3.8, 4) is 28.4 Å². The van der Waals surface area contributed by atoms with Gasteiger partial charge in [0.25, 0.3) is 0 Å². The third kappa shape index (κ3) is 3.69. The van der Waals surface area contributed by atoms with E-state index in [-0.39, 0.29) is 17.1 Å². The first kappa shape index (κ1) is 19.0. The molecule has 1 atom stereocenters. The Bertz CT molecular complexity index is 1130. The fourth-order valence-electron chi connectivity index (χ4n) is 3.04. The van der Waals surface area contributed by atoms with Crippen LogP contribution >= 0.6 is 0 Å². The molecule has 0 aliphatic carbocycles. The molecule has 0 saturated heterocycles. The Kier molecular flexibility index (Phi) is 4.98. The van der Waals surface area contributed by atoms with Gasteiger partial charge in [0.2, 0.25) is 0 Å². The number of carbonyl (C=O) groups is 1. The molecule has 1 aliphatic heterocycles. The first-order valence-corrected chi connectivity index (χ1v) is 9.37. The van der Waals surface area contributed by atoms with Crippen LogP contribution in [0, 0.1) is 5.92 Å². The van der Waals surface area contributed by atoms with Gasteiger partial charge in [0.15, 0.2) is 16.9 Å². The number of fused-ring (bicyclic) bond motifs is 2. The molecule has 7 heteroatoms. The molecule has 1 aliphatic rings. The summed E-state index contributed by atoms with van der Waals surface area (Å²) >= 11 is 0. The molecule has 2 aromatic carbocycles. The van der Waals surface area contributed by atoms with E-state index in [9.17, 15) is 9.59 Å². The van der Waals surface area contributed by atoms with Gasteiger partial charge in [-0.25, -0.2) is 4.79 Å². The van der Waals surface area contributed by atoms with Crippen molar-refractivity contribution in [3.05, 3.63) is 52.9 Å². The summed E-state index contributed by atoms with van der Waals surface area (Å²) in [5, 5.41) is 0.380. The van der Waals surface area contributed by atoms with Gasteiger partial charge in [-0.15, -0.1) is 0 Å². The Morgan fingerprint density at radius 2 is 1.83 bits per heavy atom. The fourth-order valence-corrected chi connectivity index (χ4v) is 3.04. The first-order chi connectivity index (χ1) is 13.9. The van der Waals surface area contributed by atoms with Gasteiger partial charge in [0, 0.05) is 6.07 Å². The van der Waals surface area contributed by atoms with E-state index < -0.39 is 12.0 Å². The van der Waals surface area contributed by atoms with Gasteiger partial charge in [0.05, 0.1) is 10.9 Å². The maximum Gasteiger partial charge on any atom is 0.328 e. The van der Waals surface area contributed by atoms with Crippen LogP contribution < -0.4 is 25.4 Å². The normalized spacial score (nSPS) is 14.1. The summed E-state index contributed by atoms with van der Waals surface area (Å²) < 4.78 is 22.1. The lowest BCUT2D eigenvalue weighted by molar-refractivity contribution is -0.136. The molecule has 7 nitrogen and oxygen atoms in total. The molecular formula is C22H21NO6. The van der Waals surface area contributed by atoms with Crippen LogP contribution in [0.5, 0.6) is 17.2 Å². The molecule has 29 heavy (non-hydrogen) atoms. The second-order valence-corrected chi connectivity index (χ2v) is 7.19. The molecule has 2 heterocycles. The zero-order chi connectivity index (χ0) is 20.5. The van der Waals surface area contributed by atoms with Crippen LogP contribution in [-0.2, 0) is 4.79 Å². The van der Waals surface area contributed by atoms with Gasteiger partial charge in [-0.2, -0.15) is 0 Å². The van der Waals surface area contributed by atoms with Crippen LogP contribution in [0.25, 0.3) is 22.1 Å². The van der Waals surface area contributed by atoms with Crippen molar-refractivity contribution < 1.29 is 23.4 Å². The third-order valence-electron chi connectivity index (χ3n) is 4.81. The Balaban J connectivity index is 1.66. The second kappa shape index (κ2) is 7.60. The minimum atomic E-state index is -0.727. The van der Waals surface area contributed by atoms with Crippen molar-refractivity contribution in [1.82, 2.24) is 0 Å². The lowest BCUT2D eigenvalue weighted by Gasteiger charge is -2.18. The maximum atomic E-state index is 13.0. The standard InChI is InChI=1S/C22H21NO6/c1-12(2)20(23)22(25)29-14-4-5-15-18(10-14)28-11-16(21(15)24)13-3-6-17-19(9-13)27-8-7-26-17/h3-6,9-12,20H,7-8,23H2,1-2H3. The van der Waals surface area contributed by atoms with Gasteiger partial charge in [-0.1, -0.05) is 19.9 Å². The summed E-state index contributed by atoms with van der Waals surface area (Å²) in [6.45, 7) is 4.64. The minimum absolute atomic E-state index is 0.0468. The number of hydrogen-bond donors (Lipinski definition) is 1. The van der Waals surface area contributed by atoms with Gasteiger partial charge < -0.3 is 24.4 Å². The molecule has 0 radical (unpaired) electrons. The van der Waals surface area contributed by atoms with Crippen LogP contribution in [0.3, 0.4) is 0 Å². The molecule has 2 N–H and O–H groups in total. The summed E-state index contributed by atoms with van der Waals surface area (Å²) in [5.41, 5.74) is 7.01. The Labute approximate surface area is 167 Å². The molecule has 4 rings (SSSR count). The summed E-state index contributed by atoms with van der Waals surface area (Å²) in [6, 6.07) is 9.23. The number of hydrogen-bond acceptors (Lipinski definition) is 7.